The molecule has 0 radical (unpaired) electrons. The summed E-state index contributed by atoms with van der Waals surface area (Å²) >= 11 is 0. The summed E-state index contributed by atoms with van der Waals surface area (Å²) in [7, 11) is 1.33. The highest BCUT2D eigenvalue weighted by molar-refractivity contribution is 5.96. The molecule has 26 heavy (non-hydrogen) atoms. The molecule has 0 saturated heterocycles. The molecule has 1 aromatic heterocycles. The average molecular weight is 352 g/mol. The Hall–Kier alpha value is -3.41. The Labute approximate surface area is 149 Å². The molecule has 2 aromatic carbocycles. The molecule has 0 spiro atoms. The first-order valence-electron chi connectivity index (χ1n) is 7.87. The minimum atomic E-state index is -0.666. The van der Waals surface area contributed by atoms with Gasteiger partial charge in [0.25, 0.3) is 0 Å². The van der Waals surface area contributed by atoms with E-state index < -0.39 is 11.6 Å². The topological polar surface area (TPSA) is 82.8 Å². The number of ketones is 1. The smallest absolute Gasteiger partial charge is 0.347 e. The van der Waals surface area contributed by atoms with Gasteiger partial charge in [-0.25, -0.2) is 9.59 Å². The van der Waals surface area contributed by atoms with E-state index in [0.717, 1.165) is 5.56 Å². The number of hydrogen-bond acceptors (Lipinski definition) is 6. The fourth-order valence-electron chi connectivity index (χ4n) is 2.45. The summed E-state index contributed by atoms with van der Waals surface area (Å²) in [6.07, 6.45) is 0. The summed E-state index contributed by atoms with van der Waals surface area (Å²) in [5.74, 6) is -0.211. The Morgan fingerprint density at radius 2 is 1.77 bits per heavy atom. The van der Waals surface area contributed by atoms with E-state index >= 15 is 0 Å². The number of esters is 1. The summed E-state index contributed by atoms with van der Waals surface area (Å²) < 4.78 is 15.5. The molecule has 0 bridgehead atoms. The van der Waals surface area contributed by atoms with Crippen molar-refractivity contribution in [3.05, 3.63) is 75.6 Å². The van der Waals surface area contributed by atoms with E-state index in [1.54, 1.807) is 42.5 Å². The van der Waals surface area contributed by atoms with E-state index in [-0.39, 0.29) is 18.0 Å². The molecule has 0 atom stereocenters. The molecule has 0 aliphatic rings. The van der Waals surface area contributed by atoms with Gasteiger partial charge in [0.15, 0.2) is 5.78 Å². The molecule has 0 unspecified atom stereocenters. The number of carbonyl (C=O) groups excluding carboxylic acids is 2. The molecular weight excluding hydrogens is 336 g/mol. The molecule has 0 fully saturated rings. The lowest BCUT2D eigenvalue weighted by Gasteiger charge is -2.08. The van der Waals surface area contributed by atoms with E-state index in [1.807, 2.05) is 0 Å². The lowest BCUT2D eigenvalue weighted by molar-refractivity contribution is 0.0600. The summed E-state index contributed by atoms with van der Waals surface area (Å²) in [4.78, 5) is 34.6. The normalized spacial score (nSPS) is 10.5. The van der Waals surface area contributed by atoms with E-state index in [1.165, 1.54) is 20.1 Å². The Kier molecular flexibility index (Phi) is 4.84. The second-order valence-electron chi connectivity index (χ2n) is 5.68. The van der Waals surface area contributed by atoms with Crippen molar-refractivity contribution < 1.29 is 23.5 Å². The highest BCUT2D eigenvalue weighted by Gasteiger charge is 2.10. The first-order chi connectivity index (χ1) is 12.5. The van der Waals surface area contributed by atoms with Crippen LogP contribution in [-0.2, 0) is 11.3 Å². The van der Waals surface area contributed by atoms with Gasteiger partial charge in [-0.05, 0) is 42.8 Å². The van der Waals surface area contributed by atoms with Crippen LogP contribution in [0.25, 0.3) is 11.0 Å². The first kappa shape index (κ1) is 17.4. The van der Waals surface area contributed by atoms with Crippen LogP contribution in [0.15, 0.2) is 57.7 Å². The minimum absolute atomic E-state index is 0.0249. The third-order valence-corrected chi connectivity index (χ3v) is 3.87. The maximum absolute atomic E-state index is 11.8. The Morgan fingerprint density at radius 3 is 2.42 bits per heavy atom. The molecule has 3 rings (SSSR count). The maximum Gasteiger partial charge on any atom is 0.347 e. The van der Waals surface area contributed by atoms with Gasteiger partial charge in [-0.3, -0.25) is 4.79 Å². The van der Waals surface area contributed by atoms with E-state index in [2.05, 4.69) is 4.74 Å². The standard InChI is InChI=1S/C20H16O6/c1-12(21)17-9-15-7-8-16(10-18(15)26-20(17)23)25-11-13-3-5-14(6-4-13)19(22)24-2/h3-10H,11H2,1-2H3. The SMILES string of the molecule is COC(=O)c1ccc(COc2ccc3cc(C(C)=O)c(=O)oc3c2)cc1. The van der Waals surface area contributed by atoms with Gasteiger partial charge in [-0.2, -0.15) is 0 Å². The quantitative estimate of drug-likeness (QED) is 0.398. The molecular formula is C20H16O6. The minimum Gasteiger partial charge on any atom is -0.489 e. The van der Waals surface area contributed by atoms with Crippen molar-refractivity contribution in [1.82, 2.24) is 0 Å². The molecule has 0 amide bonds. The molecule has 0 aliphatic carbocycles. The van der Waals surface area contributed by atoms with Crippen LogP contribution in [0.1, 0.15) is 33.2 Å². The van der Waals surface area contributed by atoms with Crippen LogP contribution in [-0.4, -0.2) is 18.9 Å². The average Bonchev–Trinajstić information content (AvgIpc) is 2.65. The van der Waals surface area contributed by atoms with Crippen molar-refractivity contribution >= 4 is 22.7 Å². The summed E-state index contributed by atoms with van der Waals surface area (Å²) in [6.45, 7) is 1.60. The molecule has 3 aromatic rings. The molecule has 6 heteroatoms. The summed E-state index contributed by atoms with van der Waals surface area (Å²) in [5.41, 5.74) is 1.03. The summed E-state index contributed by atoms with van der Waals surface area (Å²) in [5, 5.41) is 0.643. The van der Waals surface area contributed by atoms with Crippen molar-refractivity contribution in [2.45, 2.75) is 13.5 Å². The van der Waals surface area contributed by atoms with Gasteiger partial charge in [0.05, 0.1) is 12.7 Å². The van der Waals surface area contributed by atoms with Gasteiger partial charge in [0, 0.05) is 11.5 Å². The molecule has 0 N–H and O–H groups in total. The molecule has 6 nitrogen and oxygen atoms in total. The summed E-state index contributed by atoms with van der Waals surface area (Å²) in [6, 6.07) is 13.4. The number of fused-ring (bicyclic) bond motifs is 1. The van der Waals surface area contributed by atoms with Crippen LogP contribution in [0.5, 0.6) is 5.75 Å². The van der Waals surface area contributed by atoms with Crippen LogP contribution >= 0.6 is 0 Å². The number of hydrogen-bond donors (Lipinski definition) is 0. The molecule has 0 aliphatic heterocycles. The number of benzene rings is 2. The molecule has 0 saturated carbocycles. The lowest BCUT2D eigenvalue weighted by Crippen LogP contribution is -2.10. The zero-order valence-electron chi connectivity index (χ0n) is 14.3. The van der Waals surface area contributed by atoms with Gasteiger partial charge in [-0.15, -0.1) is 0 Å². The van der Waals surface area contributed by atoms with Gasteiger partial charge < -0.3 is 13.9 Å². The second-order valence-corrected chi connectivity index (χ2v) is 5.68. The number of ether oxygens (including phenoxy) is 2. The lowest BCUT2D eigenvalue weighted by atomic mass is 10.1. The fourth-order valence-corrected chi connectivity index (χ4v) is 2.45. The van der Waals surface area contributed by atoms with E-state index in [4.69, 9.17) is 9.15 Å². The monoisotopic (exact) mass is 352 g/mol. The predicted octanol–water partition coefficient (Wildman–Crippen LogP) is 3.36. The first-order valence-corrected chi connectivity index (χ1v) is 7.87. The van der Waals surface area contributed by atoms with E-state index in [9.17, 15) is 14.4 Å². The van der Waals surface area contributed by atoms with Gasteiger partial charge in [0.2, 0.25) is 0 Å². The van der Waals surface area contributed by atoms with Crippen molar-refractivity contribution in [1.29, 1.82) is 0 Å². The van der Waals surface area contributed by atoms with E-state index in [0.29, 0.717) is 22.3 Å². The molecule has 1 heterocycles. The van der Waals surface area contributed by atoms with Crippen molar-refractivity contribution in [3.8, 4) is 5.75 Å². The second kappa shape index (κ2) is 7.23. The third kappa shape index (κ3) is 3.64. The zero-order chi connectivity index (χ0) is 18.7. The van der Waals surface area contributed by atoms with Crippen molar-refractivity contribution in [3.63, 3.8) is 0 Å². The third-order valence-electron chi connectivity index (χ3n) is 3.87. The fraction of sp³-hybridized carbons (Fsp3) is 0.150. The van der Waals surface area contributed by atoms with Crippen LogP contribution < -0.4 is 10.4 Å². The van der Waals surface area contributed by atoms with Gasteiger partial charge in [-0.1, -0.05) is 12.1 Å². The van der Waals surface area contributed by atoms with Crippen LogP contribution in [0.4, 0.5) is 0 Å². The number of carbonyl (C=O) groups is 2. The number of methoxy groups -OCH3 is 1. The Morgan fingerprint density at radius 1 is 1.04 bits per heavy atom. The highest BCUT2D eigenvalue weighted by Crippen LogP contribution is 2.21. The Balaban J connectivity index is 1.77. The number of Topliss-reactive ketones (excluding diaryl/α,β-unsaturated/α-hetero) is 1. The van der Waals surface area contributed by atoms with Crippen molar-refractivity contribution in [2.24, 2.45) is 0 Å². The van der Waals surface area contributed by atoms with Crippen LogP contribution in [0.2, 0.25) is 0 Å². The van der Waals surface area contributed by atoms with Gasteiger partial charge in [0.1, 0.15) is 23.5 Å². The van der Waals surface area contributed by atoms with Crippen molar-refractivity contribution in [2.75, 3.05) is 7.11 Å². The zero-order valence-corrected chi connectivity index (χ0v) is 14.3. The maximum atomic E-state index is 11.8. The Bertz CT molecular complexity index is 1030. The van der Waals surface area contributed by atoms with Crippen LogP contribution in [0, 0.1) is 0 Å². The van der Waals surface area contributed by atoms with Crippen LogP contribution in [0.3, 0.4) is 0 Å². The largest absolute Gasteiger partial charge is 0.489 e. The van der Waals surface area contributed by atoms with Gasteiger partial charge >= 0.3 is 11.6 Å². The number of rotatable bonds is 5. The highest BCUT2D eigenvalue weighted by atomic mass is 16.5. The molecule has 132 valence electrons. The predicted molar refractivity (Wildman–Crippen MR) is 94.6 cm³/mol.